The maximum atomic E-state index is 12.0. The van der Waals surface area contributed by atoms with E-state index >= 15 is 0 Å². The Hall–Kier alpha value is -2.86. The summed E-state index contributed by atoms with van der Waals surface area (Å²) in [6.45, 7) is 1.81. The summed E-state index contributed by atoms with van der Waals surface area (Å²) in [5, 5.41) is 7.97. The molecule has 1 aliphatic heterocycles. The third-order valence-corrected chi connectivity index (χ3v) is 3.93. The van der Waals surface area contributed by atoms with Gasteiger partial charge in [0.15, 0.2) is 0 Å². The van der Waals surface area contributed by atoms with Gasteiger partial charge in [-0.3, -0.25) is 4.79 Å². The Morgan fingerprint density at radius 2 is 1.76 bits per heavy atom. The van der Waals surface area contributed by atoms with Gasteiger partial charge >= 0.3 is 6.03 Å². The van der Waals surface area contributed by atoms with Crippen LogP contribution in [-0.2, 0) is 29.3 Å². The van der Waals surface area contributed by atoms with Gasteiger partial charge in [-0.05, 0) is 16.7 Å². The molecule has 6 heteroatoms. The highest BCUT2D eigenvalue weighted by molar-refractivity contribution is 5.90. The number of carbonyl (C=O) groups excluding carboxylic acids is 2. The van der Waals surface area contributed by atoms with Gasteiger partial charge in [-0.25, -0.2) is 4.79 Å². The Labute approximate surface area is 146 Å². The largest absolute Gasteiger partial charge is 0.372 e. The van der Waals surface area contributed by atoms with E-state index in [9.17, 15) is 9.59 Å². The van der Waals surface area contributed by atoms with Gasteiger partial charge in [-0.15, -0.1) is 0 Å². The first-order valence-corrected chi connectivity index (χ1v) is 8.22. The summed E-state index contributed by atoms with van der Waals surface area (Å²) < 4.78 is 5.74. The third-order valence-electron chi connectivity index (χ3n) is 3.93. The number of nitrogens with one attached hydrogen (secondary N) is 3. The molecule has 0 aliphatic carbocycles. The number of carbonyl (C=O) groups is 2. The van der Waals surface area contributed by atoms with Crippen LogP contribution >= 0.6 is 0 Å². The molecule has 3 amide bonds. The van der Waals surface area contributed by atoms with E-state index < -0.39 is 6.04 Å². The minimum atomic E-state index is -0.509. The second-order valence-electron chi connectivity index (χ2n) is 5.92. The Bertz CT molecular complexity index is 734. The van der Waals surface area contributed by atoms with Crippen molar-refractivity contribution in [1.29, 1.82) is 0 Å². The highest BCUT2D eigenvalue weighted by Gasteiger charge is 2.26. The summed E-state index contributed by atoms with van der Waals surface area (Å²) >= 11 is 0. The molecule has 25 heavy (non-hydrogen) atoms. The molecule has 0 spiro atoms. The molecule has 3 N–H and O–H groups in total. The van der Waals surface area contributed by atoms with Gasteiger partial charge in [0.25, 0.3) is 0 Å². The van der Waals surface area contributed by atoms with Gasteiger partial charge in [-0.2, -0.15) is 0 Å². The smallest absolute Gasteiger partial charge is 0.315 e. The summed E-state index contributed by atoms with van der Waals surface area (Å²) in [5.41, 5.74) is 3.18. The normalized spacial score (nSPS) is 16.2. The van der Waals surface area contributed by atoms with Crippen molar-refractivity contribution in [1.82, 2.24) is 16.0 Å². The van der Waals surface area contributed by atoms with Gasteiger partial charge in [0.05, 0.1) is 13.2 Å². The van der Waals surface area contributed by atoms with E-state index in [1.807, 2.05) is 54.6 Å². The van der Waals surface area contributed by atoms with Crippen molar-refractivity contribution in [3.63, 3.8) is 0 Å². The molecular weight excluding hydrogens is 318 g/mol. The van der Waals surface area contributed by atoms with Crippen molar-refractivity contribution >= 4 is 11.9 Å². The van der Waals surface area contributed by atoms with E-state index in [1.165, 1.54) is 0 Å². The fraction of sp³-hybridized carbons (Fsp3) is 0.263. The van der Waals surface area contributed by atoms with Crippen molar-refractivity contribution in [2.24, 2.45) is 0 Å². The molecule has 3 rings (SSSR count). The van der Waals surface area contributed by atoms with E-state index in [-0.39, 0.29) is 11.9 Å². The van der Waals surface area contributed by atoms with Crippen LogP contribution in [-0.4, -0.2) is 24.5 Å². The van der Waals surface area contributed by atoms with Crippen LogP contribution in [0.5, 0.6) is 0 Å². The van der Waals surface area contributed by atoms with Crippen LogP contribution in [0.3, 0.4) is 0 Å². The molecule has 0 aromatic heterocycles. The highest BCUT2D eigenvalue weighted by Crippen LogP contribution is 2.09. The molecule has 0 saturated carbocycles. The predicted molar refractivity (Wildman–Crippen MR) is 93.5 cm³/mol. The van der Waals surface area contributed by atoms with Crippen LogP contribution in [0.4, 0.5) is 4.79 Å². The zero-order valence-electron chi connectivity index (χ0n) is 13.8. The summed E-state index contributed by atoms with van der Waals surface area (Å²) in [4.78, 5) is 23.1. The summed E-state index contributed by atoms with van der Waals surface area (Å²) in [5.74, 6) is -0.191. The molecular formula is C19H21N3O3. The molecule has 0 bridgehead atoms. The molecule has 1 saturated heterocycles. The standard InChI is InChI=1S/C19H21N3O3/c23-18(17-11-21-19(24)22-17)20-10-15-7-4-8-16(9-15)13-25-12-14-5-2-1-3-6-14/h1-9,17H,10-13H2,(H,20,23)(H2,21,22,24)/t17-/m1/s1. The van der Waals surface area contributed by atoms with Crippen molar-refractivity contribution in [2.45, 2.75) is 25.8 Å². The summed E-state index contributed by atoms with van der Waals surface area (Å²) in [6.07, 6.45) is 0. The Balaban J connectivity index is 1.46. The van der Waals surface area contributed by atoms with Crippen molar-refractivity contribution < 1.29 is 14.3 Å². The molecule has 0 unspecified atom stereocenters. The van der Waals surface area contributed by atoms with Crippen LogP contribution in [0, 0.1) is 0 Å². The second-order valence-corrected chi connectivity index (χ2v) is 5.92. The number of hydrogen-bond donors (Lipinski definition) is 3. The molecule has 6 nitrogen and oxygen atoms in total. The number of urea groups is 1. The molecule has 2 aromatic rings. The van der Waals surface area contributed by atoms with E-state index in [2.05, 4.69) is 16.0 Å². The number of amides is 3. The third kappa shape index (κ3) is 5.06. The molecule has 130 valence electrons. The maximum Gasteiger partial charge on any atom is 0.315 e. The van der Waals surface area contributed by atoms with Gasteiger partial charge in [-0.1, -0.05) is 54.6 Å². The molecule has 1 fully saturated rings. The minimum Gasteiger partial charge on any atom is -0.372 e. The van der Waals surface area contributed by atoms with Crippen LogP contribution < -0.4 is 16.0 Å². The minimum absolute atomic E-state index is 0.191. The fourth-order valence-electron chi connectivity index (χ4n) is 2.62. The average Bonchev–Trinajstić information content (AvgIpc) is 3.07. The van der Waals surface area contributed by atoms with Gasteiger partial charge in [0.2, 0.25) is 5.91 Å². The van der Waals surface area contributed by atoms with Crippen LogP contribution in [0.25, 0.3) is 0 Å². The Morgan fingerprint density at radius 1 is 1.04 bits per heavy atom. The lowest BCUT2D eigenvalue weighted by Crippen LogP contribution is -2.42. The second kappa shape index (κ2) is 8.30. The number of ether oxygens (including phenoxy) is 1. The van der Waals surface area contributed by atoms with E-state index in [0.29, 0.717) is 26.3 Å². The molecule has 1 atom stereocenters. The van der Waals surface area contributed by atoms with Crippen molar-refractivity contribution in [3.05, 3.63) is 71.3 Å². The predicted octanol–water partition coefficient (Wildman–Crippen LogP) is 1.70. The number of rotatable bonds is 7. The SMILES string of the molecule is O=C1NC[C@H](C(=O)NCc2cccc(COCc3ccccc3)c2)N1. The lowest BCUT2D eigenvalue weighted by molar-refractivity contribution is -0.122. The Morgan fingerprint density at radius 3 is 2.52 bits per heavy atom. The lowest BCUT2D eigenvalue weighted by atomic mass is 10.1. The first kappa shape index (κ1) is 17.0. The van der Waals surface area contributed by atoms with E-state index in [1.54, 1.807) is 0 Å². The number of benzene rings is 2. The quantitative estimate of drug-likeness (QED) is 0.718. The topological polar surface area (TPSA) is 79.5 Å². The Kier molecular flexibility index (Phi) is 5.64. The zero-order valence-corrected chi connectivity index (χ0v) is 13.8. The molecule has 0 radical (unpaired) electrons. The first-order chi connectivity index (χ1) is 12.2. The van der Waals surface area contributed by atoms with E-state index in [0.717, 1.165) is 16.7 Å². The average molecular weight is 339 g/mol. The van der Waals surface area contributed by atoms with Gasteiger partial charge in [0.1, 0.15) is 6.04 Å². The van der Waals surface area contributed by atoms with Gasteiger partial charge < -0.3 is 20.7 Å². The van der Waals surface area contributed by atoms with Crippen LogP contribution in [0.15, 0.2) is 54.6 Å². The summed E-state index contributed by atoms with van der Waals surface area (Å²) in [6, 6.07) is 17.1. The fourth-order valence-corrected chi connectivity index (χ4v) is 2.62. The molecule has 1 aliphatic rings. The first-order valence-electron chi connectivity index (χ1n) is 8.22. The van der Waals surface area contributed by atoms with Crippen molar-refractivity contribution in [2.75, 3.05) is 6.54 Å². The van der Waals surface area contributed by atoms with E-state index in [4.69, 9.17) is 4.74 Å². The van der Waals surface area contributed by atoms with Gasteiger partial charge in [0, 0.05) is 13.1 Å². The molecule has 1 heterocycles. The lowest BCUT2D eigenvalue weighted by Gasteiger charge is -2.11. The summed E-state index contributed by atoms with van der Waals surface area (Å²) in [7, 11) is 0. The van der Waals surface area contributed by atoms with Crippen molar-refractivity contribution in [3.8, 4) is 0 Å². The number of hydrogen-bond acceptors (Lipinski definition) is 3. The zero-order chi connectivity index (χ0) is 17.5. The molecule has 2 aromatic carbocycles. The van der Waals surface area contributed by atoms with Crippen LogP contribution in [0.1, 0.15) is 16.7 Å². The maximum absolute atomic E-state index is 12.0. The highest BCUT2D eigenvalue weighted by atomic mass is 16.5. The van der Waals surface area contributed by atoms with Crippen LogP contribution in [0.2, 0.25) is 0 Å². The monoisotopic (exact) mass is 339 g/mol.